The zero-order valence-electron chi connectivity index (χ0n) is 9.25. The van der Waals surface area contributed by atoms with Crippen molar-refractivity contribution in [2.24, 2.45) is 23.7 Å². The molecule has 2 aliphatic carbocycles. The summed E-state index contributed by atoms with van der Waals surface area (Å²) in [4.78, 5) is 10.2. The van der Waals surface area contributed by atoms with E-state index in [1.165, 1.54) is 12.8 Å². The van der Waals surface area contributed by atoms with Gasteiger partial charge in [0.15, 0.2) is 8.32 Å². The first-order valence-electron chi connectivity index (χ1n) is 5.63. The third-order valence-corrected chi connectivity index (χ3v) is 7.28. The minimum absolute atomic E-state index is 0.698. The molecule has 2 bridgehead atoms. The molecule has 2 saturated carbocycles. The molecule has 0 heterocycles. The lowest BCUT2D eigenvalue weighted by atomic mass is 9.81. The smallest absolute Gasteiger partial charge is 0.185 e. The predicted molar refractivity (Wildman–Crippen MR) is 58.0 cm³/mol. The maximum absolute atomic E-state index is 10.2. The molecule has 0 radical (unpaired) electrons. The fourth-order valence-corrected chi connectivity index (χ4v) is 6.12. The number of hydrogen-bond acceptors (Lipinski definition) is 1. The predicted octanol–water partition coefficient (Wildman–Crippen LogP) is 2.87. The van der Waals surface area contributed by atoms with Gasteiger partial charge in [-0.25, -0.2) is 0 Å². The van der Waals surface area contributed by atoms with Crippen molar-refractivity contribution in [1.82, 2.24) is 0 Å². The number of fused-ring (bicyclic) bond motifs is 2. The minimum Gasteiger partial charge on any atom is -0.432 e. The normalized spacial score (nSPS) is 50.1. The van der Waals surface area contributed by atoms with Gasteiger partial charge in [-0.15, -0.1) is 0 Å². The van der Waals surface area contributed by atoms with Crippen LogP contribution in [0.15, 0.2) is 0 Å². The summed E-state index contributed by atoms with van der Waals surface area (Å²) in [5.41, 5.74) is 0.698. The van der Waals surface area contributed by atoms with E-state index in [-0.39, 0.29) is 0 Å². The Morgan fingerprint density at radius 3 is 2.08 bits per heavy atom. The van der Waals surface area contributed by atoms with E-state index in [2.05, 4.69) is 26.9 Å². The second-order valence-corrected chi connectivity index (χ2v) is 9.92. The summed E-state index contributed by atoms with van der Waals surface area (Å²) in [7, 11) is -1.85. The summed E-state index contributed by atoms with van der Waals surface area (Å²) in [6.07, 6.45) is 2.73. The third-order valence-electron chi connectivity index (χ3n) is 4.80. The molecule has 0 aromatic rings. The summed E-state index contributed by atoms with van der Waals surface area (Å²) < 4.78 is 0. The molecule has 5 unspecified atom stereocenters. The summed E-state index contributed by atoms with van der Waals surface area (Å²) >= 11 is 0. The average molecular weight is 198 g/mol. The van der Waals surface area contributed by atoms with E-state index in [4.69, 9.17) is 0 Å². The maximum Gasteiger partial charge on any atom is 0.185 e. The molecule has 2 fully saturated rings. The molecule has 0 amide bonds. The fraction of sp³-hybridized carbons (Fsp3) is 1.00. The molecule has 2 aliphatic rings. The van der Waals surface area contributed by atoms with Crippen molar-refractivity contribution in [3.8, 4) is 0 Å². The van der Waals surface area contributed by atoms with Gasteiger partial charge >= 0.3 is 0 Å². The monoisotopic (exact) mass is 198 g/mol. The van der Waals surface area contributed by atoms with Gasteiger partial charge in [-0.3, -0.25) is 0 Å². The molecule has 0 aromatic carbocycles. The van der Waals surface area contributed by atoms with Crippen molar-refractivity contribution >= 4 is 8.32 Å². The Bertz CT molecular complexity index is 207. The summed E-state index contributed by atoms with van der Waals surface area (Å²) in [5.74, 6) is 3.57. The highest BCUT2D eigenvalue weighted by atomic mass is 28.4. The van der Waals surface area contributed by atoms with E-state index in [9.17, 15) is 4.80 Å². The number of hydrogen-bond donors (Lipinski definition) is 1. The zero-order valence-corrected chi connectivity index (χ0v) is 10.2. The van der Waals surface area contributed by atoms with Crippen LogP contribution in [0.25, 0.3) is 0 Å². The van der Waals surface area contributed by atoms with Crippen LogP contribution >= 0.6 is 0 Å². The van der Waals surface area contributed by atoms with Crippen LogP contribution in [-0.4, -0.2) is 13.1 Å². The molecule has 0 spiro atoms. The Morgan fingerprint density at radius 1 is 1.08 bits per heavy atom. The van der Waals surface area contributed by atoms with E-state index in [0.717, 1.165) is 23.7 Å². The molecule has 1 nitrogen and oxygen atoms in total. The summed E-state index contributed by atoms with van der Waals surface area (Å²) in [6, 6.07) is 0. The Labute approximate surface area is 82.7 Å². The van der Waals surface area contributed by atoms with E-state index >= 15 is 0 Å². The molecule has 2 heteroatoms. The Kier molecular flexibility index (Phi) is 2.12. The third kappa shape index (κ3) is 1.38. The lowest BCUT2D eigenvalue weighted by molar-refractivity contribution is 0.246. The Morgan fingerprint density at radius 2 is 1.69 bits per heavy atom. The standard InChI is InChI=1S/C11H22OSi/c1-7-8(2)10-5-9(7)6-11(10)13(3,4)12/h7-12H,5-6H2,1-4H3. The summed E-state index contributed by atoms with van der Waals surface area (Å²) in [6.45, 7) is 9.03. The van der Waals surface area contributed by atoms with Gasteiger partial charge in [-0.2, -0.15) is 0 Å². The van der Waals surface area contributed by atoms with E-state index in [1.54, 1.807) is 0 Å². The molecule has 1 N–H and O–H groups in total. The largest absolute Gasteiger partial charge is 0.432 e. The van der Waals surface area contributed by atoms with Crippen molar-refractivity contribution in [1.29, 1.82) is 0 Å². The van der Waals surface area contributed by atoms with Gasteiger partial charge in [0.05, 0.1) is 0 Å². The molecular formula is C11H22OSi. The molecule has 5 atom stereocenters. The van der Waals surface area contributed by atoms with Gasteiger partial charge in [0, 0.05) is 0 Å². The fourth-order valence-electron chi connectivity index (χ4n) is 3.75. The first-order chi connectivity index (χ1) is 5.91. The maximum atomic E-state index is 10.2. The first kappa shape index (κ1) is 9.72. The molecule has 76 valence electrons. The van der Waals surface area contributed by atoms with Gasteiger partial charge in [-0.05, 0) is 55.1 Å². The van der Waals surface area contributed by atoms with Crippen LogP contribution in [0.1, 0.15) is 26.7 Å². The molecule has 13 heavy (non-hydrogen) atoms. The van der Waals surface area contributed by atoms with Crippen LogP contribution < -0.4 is 0 Å². The molecule has 2 rings (SSSR count). The summed E-state index contributed by atoms with van der Waals surface area (Å²) in [5, 5.41) is 0. The average Bonchev–Trinajstić information content (AvgIpc) is 2.51. The van der Waals surface area contributed by atoms with Crippen molar-refractivity contribution in [2.45, 2.75) is 45.3 Å². The van der Waals surface area contributed by atoms with Gasteiger partial charge in [0.1, 0.15) is 0 Å². The van der Waals surface area contributed by atoms with Gasteiger partial charge in [0.25, 0.3) is 0 Å². The highest BCUT2D eigenvalue weighted by Crippen LogP contribution is 2.59. The molecule has 0 aliphatic heterocycles. The van der Waals surface area contributed by atoms with Crippen molar-refractivity contribution in [2.75, 3.05) is 0 Å². The van der Waals surface area contributed by atoms with Crippen LogP contribution in [0, 0.1) is 23.7 Å². The van der Waals surface area contributed by atoms with Gasteiger partial charge in [0.2, 0.25) is 0 Å². The number of rotatable bonds is 1. The van der Waals surface area contributed by atoms with Gasteiger partial charge < -0.3 is 4.80 Å². The SMILES string of the molecule is CC1C2CC(C1C)C([Si](C)(C)O)C2. The molecule has 0 saturated heterocycles. The van der Waals surface area contributed by atoms with Crippen LogP contribution in [0.5, 0.6) is 0 Å². The van der Waals surface area contributed by atoms with Crippen LogP contribution in [0.2, 0.25) is 18.6 Å². The van der Waals surface area contributed by atoms with Crippen LogP contribution in [0.4, 0.5) is 0 Å². The molecule has 0 aromatic heterocycles. The second kappa shape index (κ2) is 2.83. The van der Waals surface area contributed by atoms with Crippen molar-refractivity contribution in [3.63, 3.8) is 0 Å². The van der Waals surface area contributed by atoms with E-state index in [0.29, 0.717) is 5.54 Å². The Hall–Kier alpha value is 0.177. The van der Waals surface area contributed by atoms with E-state index < -0.39 is 8.32 Å². The highest BCUT2D eigenvalue weighted by molar-refractivity contribution is 6.71. The quantitative estimate of drug-likeness (QED) is 0.642. The van der Waals surface area contributed by atoms with Crippen LogP contribution in [-0.2, 0) is 0 Å². The highest BCUT2D eigenvalue weighted by Gasteiger charge is 2.53. The van der Waals surface area contributed by atoms with Crippen molar-refractivity contribution in [3.05, 3.63) is 0 Å². The van der Waals surface area contributed by atoms with Gasteiger partial charge in [-0.1, -0.05) is 13.8 Å². The first-order valence-corrected chi connectivity index (χ1v) is 8.66. The Balaban J connectivity index is 2.15. The van der Waals surface area contributed by atoms with E-state index in [1.807, 2.05) is 0 Å². The lowest BCUT2D eigenvalue weighted by Gasteiger charge is -2.37. The topological polar surface area (TPSA) is 20.2 Å². The van der Waals surface area contributed by atoms with Crippen LogP contribution in [0.3, 0.4) is 0 Å². The second-order valence-electron chi connectivity index (χ2n) is 5.87. The zero-order chi connectivity index (χ0) is 9.80. The minimum atomic E-state index is -1.85. The lowest BCUT2D eigenvalue weighted by Crippen LogP contribution is -2.39. The van der Waals surface area contributed by atoms with Crippen molar-refractivity contribution < 1.29 is 4.80 Å². The molecular weight excluding hydrogens is 176 g/mol.